The van der Waals surface area contributed by atoms with Gasteiger partial charge in [-0.05, 0) is 36.2 Å². The van der Waals surface area contributed by atoms with Gasteiger partial charge in [-0.1, -0.05) is 18.2 Å². The van der Waals surface area contributed by atoms with Crippen LogP contribution in [0, 0.1) is 0 Å². The Labute approximate surface area is 158 Å². The lowest BCUT2D eigenvalue weighted by molar-refractivity contribution is -0.120. The van der Waals surface area contributed by atoms with Crippen LogP contribution in [0.25, 0.3) is 0 Å². The van der Waals surface area contributed by atoms with Gasteiger partial charge in [-0.25, -0.2) is 0 Å². The number of carbonyl (C=O) groups is 2. The highest BCUT2D eigenvalue weighted by molar-refractivity contribution is 6.01. The van der Waals surface area contributed by atoms with Gasteiger partial charge in [-0.15, -0.1) is 0 Å². The molecule has 0 unspecified atom stereocenters. The van der Waals surface area contributed by atoms with Crippen LogP contribution in [0.3, 0.4) is 0 Å². The highest BCUT2D eigenvalue weighted by Crippen LogP contribution is 2.27. The van der Waals surface area contributed by atoms with Crippen molar-refractivity contribution in [1.29, 1.82) is 0 Å². The number of benzene rings is 2. The molecule has 0 bridgehead atoms. The minimum Gasteiger partial charge on any atom is -0.497 e. The second kappa shape index (κ2) is 10.1. The first kappa shape index (κ1) is 20.1. The maximum atomic E-state index is 12.4. The zero-order chi connectivity index (χ0) is 19.6. The van der Waals surface area contributed by atoms with E-state index in [0.717, 1.165) is 11.3 Å². The highest BCUT2D eigenvalue weighted by atomic mass is 16.5. The minimum atomic E-state index is -0.438. The van der Waals surface area contributed by atoms with E-state index in [2.05, 4.69) is 10.6 Å². The van der Waals surface area contributed by atoms with Gasteiger partial charge in [0.25, 0.3) is 5.91 Å². The summed E-state index contributed by atoms with van der Waals surface area (Å²) in [5.74, 6) is 0.819. The molecule has 2 amide bonds. The number of carbonyl (C=O) groups excluding carboxylic acids is 2. The van der Waals surface area contributed by atoms with Crippen molar-refractivity contribution in [2.45, 2.75) is 6.42 Å². The molecule has 27 heavy (non-hydrogen) atoms. The molecular weight excluding hydrogens is 348 g/mol. The summed E-state index contributed by atoms with van der Waals surface area (Å²) in [6.45, 7) is 0.317. The smallest absolute Gasteiger partial charge is 0.259 e. The standard InChI is InChI=1S/C20H24N2O5/c1-25-15-7-4-6-14(12-15)10-11-21-18(23)13-22-20(24)19-16(26-2)8-5-9-17(19)27-3/h4-9,12H,10-11,13H2,1-3H3,(H,21,23)(H,22,24). The van der Waals surface area contributed by atoms with Crippen molar-refractivity contribution in [1.82, 2.24) is 10.6 Å². The SMILES string of the molecule is COc1cccc(CCNC(=O)CNC(=O)c2c(OC)cccc2OC)c1. The zero-order valence-electron chi connectivity index (χ0n) is 15.7. The molecule has 0 saturated carbocycles. The molecule has 2 aromatic rings. The van der Waals surface area contributed by atoms with E-state index in [9.17, 15) is 9.59 Å². The van der Waals surface area contributed by atoms with Crippen LogP contribution in [-0.4, -0.2) is 46.2 Å². The predicted molar refractivity (Wildman–Crippen MR) is 102 cm³/mol. The van der Waals surface area contributed by atoms with Gasteiger partial charge in [0.2, 0.25) is 5.91 Å². The van der Waals surface area contributed by atoms with E-state index < -0.39 is 5.91 Å². The van der Waals surface area contributed by atoms with Gasteiger partial charge in [0, 0.05) is 6.54 Å². The number of rotatable bonds is 9. The molecule has 7 nitrogen and oxygen atoms in total. The average molecular weight is 372 g/mol. The summed E-state index contributed by atoms with van der Waals surface area (Å²) in [6.07, 6.45) is 0.664. The van der Waals surface area contributed by atoms with E-state index in [-0.39, 0.29) is 18.0 Å². The molecule has 0 aliphatic heterocycles. The topological polar surface area (TPSA) is 85.9 Å². The van der Waals surface area contributed by atoms with Crippen LogP contribution in [0.15, 0.2) is 42.5 Å². The third-order valence-electron chi connectivity index (χ3n) is 3.93. The van der Waals surface area contributed by atoms with E-state index in [4.69, 9.17) is 14.2 Å². The van der Waals surface area contributed by atoms with E-state index in [1.165, 1.54) is 14.2 Å². The first-order valence-corrected chi connectivity index (χ1v) is 8.47. The summed E-state index contributed by atoms with van der Waals surface area (Å²) < 4.78 is 15.6. The summed E-state index contributed by atoms with van der Waals surface area (Å²) in [4.78, 5) is 24.4. The van der Waals surface area contributed by atoms with E-state index in [0.29, 0.717) is 24.5 Å². The molecule has 7 heteroatoms. The van der Waals surface area contributed by atoms with Gasteiger partial charge >= 0.3 is 0 Å². The highest BCUT2D eigenvalue weighted by Gasteiger charge is 2.18. The quantitative estimate of drug-likeness (QED) is 0.701. The van der Waals surface area contributed by atoms with Crippen LogP contribution in [-0.2, 0) is 11.2 Å². The molecular formula is C20H24N2O5. The lowest BCUT2D eigenvalue weighted by Gasteiger charge is -2.13. The molecule has 2 N–H and O–H groups in total. The molecule has 144 valence electrons. The lowest BCUT2D eigenvalue weighted by atomic mass is 10.1. The number of amides is 2. The average Bonchev–Trinajstić information content (AvgIpc) is 2.71. The Bertz CT molecular complexity index is 769. The fourth-order valence-corrected chi connectivity index (χ4v) is 2.56. The zero-order valence-corrected chi connectivity index (χ0v) is 15.7. The Morgan fingerprint density at radius 2 is 1.56 bits per heavy atom. The third kappa shape index (κ3) is 5.64. The molecule has 2 aromatic carbocycles. The van der Waals surface area contributed by atoms with Crippen LogP contribution in [0.5, 0.6) is 17.2 Å². The number of ether oxygens (including phenoxy) is 3. The Kier molecular flexibility index (Phi) is 7.49. The molecule has 0 aliphatic carbocycles. The van der Waals surface area contributed by atoms with Crippen molar-refractivity contribution < 1.29 is 23.8 Å². The summed E-state index contributed by atoms with van der Waals surface area (Å²) in [6, 6.07) is 12.7. The van der Waals surface area contributed by atoms with Crippen LogP contribution >= 0.6 is 0 Å². The molecule has 2 rings (SSSR count). The molecule has 0 heterocycles. The van der Waals surface area contributed by atoms with Crippen molar-refractivity contribution in [2.75, 3.05) is 34.4 Å². The Hall–Kier alpha value is -3.22. The summed E-state index contributed by atoms with van der Waals surface area (Å²) in [5, 5.41) is 5.36. The van der Waals surface area contributed by atoms with E-state index in [1.807, 2.05) is 24.3 Å². The Morgan fingerprint density at radius 1 is 0.889 bits per heavy atom. The monoisotopic (exact) mass is 372 g/mol. The third-order valence-corrected chi connectivity index (χ3v) is 3.93. The van der Waals surface area contributed by atoms with Gasteiger partial charge in [-0.2, -0.15) is 0 Å². The number of hydrogen-bond acceptors (Lipinski definition) is 5. The second-order valence-electron chi connectivity index (χ2n) is 5.67. The van der Waals surface area contributed by atoms with Crippen LogP contribution in [0.4, 0.5) is 0 Å². The fraction of sp³-hybridized carbons (Fsp3) is 0.300. The van der Waals surface area contributed by atoms with Crippen molar-refractivity contribution in [3.8, 4) is 17.2 Å². The van der Waals surface area contributed by atoms with Crippen LogP contribution in [0.2, 0.25) is 0 Å². The summed E-state index contributed by atoms with van der Waals surface area (Å²) in [5.41, 5.74) is 1.31. The molecule has 0 saturated heterocycles. The number of hydrogen-bond donors (Lipinski definition) is 2. The van der Waals surface area contributed by atoms with Gasteiger partial charge in [0.1, 0.15) is 22.8 Å². The number of nitrogens with one attached hydrogen (secondary N) is 2. The number of methoxy groups -OCH3 is 3. The van der Waals surface area contributed by atoms with E-state index >= 15 is 0 Å². The summed E-state index contributed by atoms with van der Waals surface area (Å²) in [7, 11) is 4.55. The molecule has 0 atom stereocenters. The summed E-state index contributed by atoms with van der Waals surface area (Å²) >= 11 is 0. The van der Waals surface area contributed by atoms with Crippen molar-refractivity contribution in [2.24, 2.45) is 0 Å². The Balaban J connectivity index is 1.84. The van der Waals surface area contributed by atoms with Gasteiger partial charge in [0.05, 0.1) is 27.9 Å². The first-order valence-electron chi connectivity index (χ1n) is 8.47. The largest absolute Gasteiger partial charge is 0.497 e. The lowest BCUT2D eigenvalue weighted by Crippen LogP contribution is -2.37. The molecule has 0 fully saturated rings. The first-order chi connectivity index (χ1) is 13.1. The van der Waals surface area contributed by atoms with Crippen LogP contribution < -0.4 is 24.8 Å². The fourth-order valence-electron chi connectivity index (χ4n) is 2.56. The van der Waals surface area contributed by atoms with Crippen molar-refractivity contribution in [3.63, 3.8) is 0 Å². The normalized spacial score (nSPS) is 10.0. The van der Waals surface area contributed by atoms with Gasteiger partial charge in [0.15, 0.2) is 0 Å². The van der Waals surface area contributed by atoms with Gasteiger partial charge < -0.3 is 24.8 Å². The predicted octanol–water partition coefficient (Wildman–Crippen LogP) is 1.80. The van der Waals surface area contributed by atoms with Crippen molar-refractivity contribution >= 4 is 11.8 Å². The molecule has 0 aromatic heterocycles. The second-order valence-corrected chi connectivity index (χ2v) is 5.67. The van der Waals surface area contributed by atoms with Gasteiger partial charge in [-0.3, -0.25) is 9.59 Å². The van der Waals surface area contributed by atoms with E-state index in [1.54, 1.807) is 25.3 Å². The van der Waals surface area contributed by atoms with Crippen LogP contribution in [0.1, 0.15) is 15.9 Å². The molecule has 0 spiro atoms. The maximum Gasteiger partial charge on any atom is 0.259 e. The molecule has 0 aliphatic rings. The van der Waals surface area contributed by atoms with Crippen molar-refractivity contribution in [3.05, 3.63) is 53.6 Å². The Morgan fingerprint density at radius 3 is 2.19 bits per heavy atom. The maximum absolute atomic E-state index is 12.4. The minimum absolute atomic E-state index is 0.141. The molecule has 0 radical (unpaired) electrons.